The van der Waals surface area contributed by atoms with Crippen molar-refractivity contribution < 1.29 is 0 Å². The van der Waals surface area contributed by atoms with E-state index in [0.29, 0.717) is 0 Å². The van der Waals surface area contributed by atoms with Crippen LogP contribution >= 0.6 is 0 Å². The highest BCUT2D eigenvalue weighted by Gasteiger charge is 2.61. The van der Waals surface area contributed by atoms with Crippen molar-refractivity contribution in [3.63, 3.8) is 0 Å². The van der Waals surface area contributed by atoms with Crippen LogP contribution in [0.1, 0.15) is 120 Å². The summed E-state index contributed by atoms with van der Waals surface area (Å²) in [5.41, 5.74) is 19.2. The van der Waals surface area contributed by atoms with Crippen LogP contribution in [0.5, 0.6) is 0 Å². The molecule has 0 N–H and O–H groups in total. The summed E-state index contributed by atoms with van der Waals surface area (Å²) in [6.07, 6.45) is 9.54. The molecule has 5 aromatic rings. The zero-order chi connectivity index (χ0) is 35.4. The number of anilines is 3. The lowest BCUT2D eigenvalue weighted by molar-refractivity contribution is -0.0399. The summed E-state index contributed by atoms with van der Waals surface area (Å²) in [6.45, 7) is 14.7. The first-order valence-electron chi connectivity index (χ1n) is 20.4. The maximum atomic E-state index is 2.69. The summed E-state index contributed by atoms with van der Waals surface area (Å²) >= 11 is 0. The maximum Gasteiger partial charge on any atom is 0.0543 e. The first kappa shape index (κ1) is 31.4. The van der Waals surface area contributed by atoms with E-state index in [1.807, 2.05) is 0 Å². The Bertz CT molecular complexity index is 2290. The van der Waals surface area contributed by atoms with E-state index < -0.39 is 0 Å². The zero-order valence-corrected chi connectivity index (χ0v) is 32.0. The molecule has 0 amide bonds. The van der Waals surface area contributed by atoms with Crippen molar-refractivity contribution in [2.24, 2.45) is 23.7 Å². The number of nitrogens with zero attached hydrogens (tertiary/aromatic N) is 1. The fraction of sp³-hybridized carbons (Fsp3) is 0.412. The number of rotatable bonds is 3. The van der Waals surface area contributed by atoms with Gasteiger partial charge in [0.25, 0.3) is 0 Å². The molecule has 4 bridgehead atoms. The number of benzene rings is 5. The summed E-state index contributed by atoms with van der Waals surface area (Å²) in [5, 5.41) is 0. The van der Waals surface area contributed by atoms with Gasteiger partial charge < -0.3 is 4.90 Å². The Morgan fingerprint density at radius 2 is 1.02 bits per heavy atom. The molecule has 52 heavy (non-hydrogen) atoms. The van der Waals surface area contributed by atoms with Crippen molar-refractivity contribution in [2.75, 3.05) is 4.90 Å². The second-order valence-corrected chi connectivity index (χ2v) is 19.7. The van der Waals surface area contributed by atoms with Gasteiger partial charge in [-0.1, -0.05) is 114 Å². The molecule has 0 saturated heterocycles. The minimum absolute atomic E-state index is 0.0561. The average Bonchev–Trinajstić information content (AvgIpc) is 3.55. The average molecular weight is 680 g/mol. The third kappa shape index (κ3) is 3.96. The van der Waals surface area contributed by atoms with E-state index in [9.17, 15) is 0 Å². The largest absolute Gasteiger partial charge is 0.310 e. The van der Waals surface area contributed by atoms with Crippen LogP contribution in [0.25, 0.3) is 22.3 Å². The van der Waals surface area contributed by atoms with Crippen molar-refractivity contribution in [1.82, 2.24) is 0 Å². The first-order chi connectivity index (χ1) is 25.0. The summed E-state index contributed by atoms with van der Waals surface area (Å²) in [6, 6.07) is 41.1. The lowest BCUT2D eigenvalue weighted by atomic mass is 9.43. The van der Waals surface area contributed by atoms with Crippen molar-refractivity contribution in [1.29, 1.82) is 0 Å². The van der Waals surface area contributed by atoms with Crippen LogP contribution in [0.15, 0.2) is 103 Å². The van der Waals surface area contributed by atoms with Crippen molar-refractivity contribution in [3.05, 3.63) is 137 Å². The first-order valence-corrected chi connectivity index (χ1v) is 20.4. The Kier molecular flexibility index (Phi) is 6.23. The van der Waals surface area contributed by atoms with E-state index in [0.717, 1.165) is 23.7 Å². The normalized spacial score (nSPS) is 28.6. The maximum absolute atomic E-state index is 2.69. The molecule has 0 aliphatic heterocycles. The van der Waals surface area contributed by atoms with Gasteiger partial charge in [-0.15, -0.1) is 0 Å². The Hall–Kier alpha value is -4.10. The monoisotopic (exact) mass is 679 g/mol. The molecule has 0 aromatic heterocycles. The van der Waals surface area contributed by atoms with Gasteiger partial charge in [0.1, 0.15) is 0 Å². The minimum Gasteiger partial charge on any atom is -0.310 e. The predicted molar refractivity (Wildman–Crippen MR) is 217 cm³/mol. The highest BCUT2D eigenvalue weighted by molar-refractivity contribution is 5.96. The predicted octanol–water partition coefficient (Wildman–Crippen LogP) is 13.5. The molecule has 1 nitrogen and oxygen atoms in total. The highest BCUT2D eigenvalue weighted by atomic mass is 15.1. The second kappa shape index (κ2) is 10.3. The second-order valence-electron chi connectivity index (χ2n) is 19.7. The zero-order valence-electron chi connectivity index (χ0n) is 32.0. The van der Waals surface area contributed by atoms with Crippen LogP contribution in [0.2, 0.25) is 0 Å². The molecule has 0 radical (unpaired) electrons. The molecule has 0 atom stereocenters. The van der Waals surface area contributed by atoms with Gasteiger partial charge >= 0.3 is 0 Å². The molecule has 1 spiro atoms. The Labute approximate surface area is 311 Å². The standard InChI is InChI=1S/C51H53N/c1-48(2)22-23-49(3,4)45-30-36(19-21-42(45)48)52(46-17-11-16-43-47(46)39-13-8-9-14-40(39)50(43,5)6)35-18-20-38-37-12-7-10-15-41(37)51(44(38)29-35)33-25-31-24-32(27-33)28-34(51)26-31/h7-21,29-34H,22-28H2,1-6H3. The van der Waals surface area contributed by atoms with Crippen LogP contribution in [0.3, 0.4) is 0 Å². The smallest absolute Gasteiger partial charge is 0.0543 e. The third-order valence-corrected chi connectivity index (χ3v) is 15.7. The van der Waals surface area contributed by atoms with Crippen molar-refractivity contribution >= 4 is 17.1 Å². The van der Waals surface area contributed by atoms with Crippen LogP contribution in [0, 0.1) is 23.7 Å². The fourth-order valence-corrected chi connectivity index (χ4v) is 13.3. The lowest BCUT2D eigenvalue weighted by Gasteiger charge is -2.61. The number of fused-ring (bicyclic) bond motifs is 7. The number of hydrogen-bond acceptors (Lipinski definition) is 1. The molecule has 1 heteroatoms. The summed E-state index contributed by atoms with van der Waals surface area (Å²) in [7, 11) is 0. The van der Waals surface area contributed by atoms with E-state index >= 15 is 0 Å². The third-order valence-electron chi connectivity index (χ3n) is 15.7. The van der Waals surface area contributed by atoms with Crippen molar-refractivity contribution in [3.8, 4) is 22.3 Å². The summed E-state index contributed by atoms with van der Waals surface area (Å²) in [4.78, 5) is 2.67. The van der Waals surface area contributed by atoms with E-state index in [-0.39, 0.29) is 21.7 Å². The van der Waals surface area contributed by atoms with Gasteiger partial charge in [0, 0.05) is 27.8 Å². The number of hydrogen-bond donors (Lipinski definition) is 0. The molecule has 0 unspecified atom stereocenters. The molecule has 5 aromatic carbocycles. The molecule has 4 saturated carbocycles. The van der Waals surface area contributed by atoms with Gasteiger partial charge in [-0.3, -0.25) is 0 Å². The molecular formula is C51H53N. The van der Waals surface area contributed by atoms with Gasteiger partial charge in [0.05, 0.1) is 5.69 Å². The van der Waals surface area contributed by atoms with E-state index in [1.54, 1.807) is 11.1 Å². The van der Waals surface area contributed by atoms with E-state index in [4.69, 9.17) is 0 Å². The molecule has 7 aliphatic carbocycles. The molecule has 0 heterocycles. The topological polar surface area (TPSA) is 3.24 Å². The van der Waals surface area contributed by atoms with Crippen LogP contribution in [0.4, 0.5) is 17.1 Å². The SMILES string of the molecule is CC1(C)CCC(C)(C)c2cc(N(c3ccc4c(c3)C3(c5ccccc5-4)C4CC5CC(C4)CC3C5)c3cccc4c3-c3ccccc3C4(C)C)ccc21. The molecule has 4 fully saturated rings. The van der Waals surface area contributed by atoms with Crippen LogP contribution in [-0.2, 0) is 21.7 Å². The molecule has 7 aliphatic rings. The summed E-state index contributed by atoms with van der Waals surface area (Å²) in [5.74, 6) is 3.36. The van der Waals surface area contributed by atoms with Gasteiger partial charge in [-0.05, 0) is 160 Å². The highest BCUT2D eigenvalue weighted by Crippen LogP contribution is 2.70. The minimum atomic E-state index is -0.0561. The van der Waals surface area contributed by atoms with Crippen LogP contribution in [-0.4, -0.2) is 0 Å². The lowest BCUT2D eigenvalue weighted by Crippen LogP contribution is -2.55. The Morgan fingerprint density at radius 3 is 1.73 bits per heavy atom. The van der Waals surface area contributed by atoms with Gasteiger partial charge in [0.15, 0.2) is 0 Å². The van der Waals surface area contributed by atoms with E-state index in [2.05, 4.69) is 150 Å². The fourth-order valence-electron chi connectivity index (χ4n) is 13.3. The van der Waals surface area contributed by atoms with E-state index in [1.165, 1.54) is 107 Å². The van der Waals surface area contributed by atoms with Crippen molar-refractivity contribution in [2.45, 2.75) is 108 Å². The van der Waals surface area contributed by atoms with Gasteiger partial charge in [-0.25, -0.2) is 0 Å². The summed E-state index contributed by atoms with van der Waals surface area (Å²) < 4.78 is 0. The van der Waals surface area contributed by atoms with Gasteiger partial charge in [0.2, 0.25) is 0 Å². The Morgan fingerprint density at radius 1 is 0.462 bits per heavy atom. The van der Waals surface area contributed by atoms with Crippen LogP contribution < -0.4 is 4.90 Å². The molecule has 12 rings (SSSR count). The molecule has 262 valence electrons. The molecular weight excluding hydrogens is 627 g/mol. The Balaban J connectivity index is 1.18. The quantitative estimate of drug-likeness (QED) is 0.183. The van der Waals surface area contributed by atoms with Gasteiger partial charge in [-0.2, -0.15) is 0 Å².